The first-order chi connectivity index (χ1) is 13.9. The van der Waals surface area contributed by atoms with Crippen LogP contribution in [0.4, 0.5) is 10.1 Å². The van der Waals surface area contributed by atoms with E-state index in [9.17, 15) is 14.0 Å². The van der Waals surface area contributed by atoms with Crippen LogP contribution in [0.25, 0.3) is 0 Å². The molecule has 2 aromatic rings. The highest BCUT2D eigenvalue weighted by molar-refractivity contribution is 8.00. The molecule has 2 amide bonds. The van der Waals surface area contributed by atoms with Crippen molar-refractivity contribution in [2.45, 2.75) is 18.7 Å². The predicted molar refractivity (Wildman–Crippen MR) is 115 cm³/mol. The molecule has 1 heterocycles. The number of hydrogen-bond acceptors (Lipinski definition) is 4. The first kappa shape index (κ1) is 21.3. The van der Waals surface area contributed by atoms with Crippen LogP contribution >= 0.6 is 11.8 Å². The lowest BCUT2D eigenvalue weighted by atomic mass is 10.1. The second-order valence-electron chi connectivity index (χ2n) is 7.25. The number of rotatable bonds is 6. The Balaban J connectivity index is 1.40. The Morgan fingerprint density at radius 2 is 1.69 bits per heavy atom. The van der Waals surface area contributed by atoms with E-state index in [0.717, 1.165) is 4.90 Å². The lowest BCUT2D eigenvalue weighted by molar-refractivity contribution is -0.130. The number of nitrogens with zero attached hydrogens (tertiary/aromatic N) is 2. The number of nitrogens with one attached hydrogen (secondary N) is 1. The van der Waals surface area contributed by atoms with Gasteiger partial charge in [0.2, 0.25) is 11.8 Å². The van der Waals surface area contributed by atoms with Crippen molar-refractivity contribution in [3.8, 4) is 0 Å². The lowest BCUT2D eigenvalue weighted by Gasteiger charge is -2.34. The van der Waals surface area contributed by atoms with Gasteiger partial charge < -0.3 is 10.2 Å². The van der Waals surface area contributed by atoms with E-state index in [2.05, 4.69) is 37.4 Å². The second kappa shape index (κ2) is 9.89. The molecule has 154 valence electrons. The highest BCUT2D eigenvalue weighted by Crippen LogP contribution is 2.21. The molecule has 5 nitrogen and oxygen atoms in total. The van der Waals surface area contributed by atoms with E-state index >= 15 is 0 Å². The third kappa shape index (κ3) is 6.30. The summed E-state index contributed by atoms with van der Waals surface area (Å²) in [5.41, 5.74) is 3.06. The number of halogens is 1. The van der Waals surface area contributed by atoms with Crippen LogP contribution in [0.15, 0.2) is 47.4 Å². The third-order valence-electron chi connectivity index (χ3n) is 5.06. The Morgan fingerprint density at radius 3 is 2.34 bits per heavy atom. The average molecular weight is 416 g/mol. The molecule has 1 N–H and O–H groups in total. The maximum absolute atomic E-state index is 12.9. The van der Waals surface area contributed by atoms with Crippen molar-refractivity contribution < 1.29 is 14.0 Å². The van der Waals surface area contributed by atoms with Crippen molar-refractivity contribution >= 4 is 29.3 Å². The van der Waals surface area contributed by atoms with Gasteiger partial charge in [0.05, 0.1) is 12.3 Å². The molecule has 0 aromatic heterocycles. The summed E-state index contributed by atoms with van der Waals surface area (Å²) in [6.07, 6.45) is 0. The summed E-state index contributed by atoms with van der Waals surface area (Å²) in [6, 6.07) is 12.0. The Labute approximate surface area is 175 Å². The molecular weight excluding hydrogens is 389 g/mol. The summed E-state index contributed by atoms with van der Waals surface area (Å²) < 4.78 is 12.9. The maximum atomic E-state index is 12.9. The van der Waals surface area contributed by atoms with Gasteiger partial charge in [0.15, 0.2) is 0 Å². The zero-order chi connectivity index (χ0) is 20.8. The fourth-order valence-electron chi connectivity index (χ4n) is 3.13. The van der Waals surface area contributed by atoms with Gasteiger partial charge in [-0.2, -0.15) is 0 Å². The second-order valence-corrected chi connectivity index (χ2v) is 8.30. The summed E-state index contributed by atoms with van der Waals surface area (Å²) in [4.78, 5) is 29.7. The van der Waals surface area contributed by atoms with Crippen molar-refractivity contribution in [2.24, 2.45) is 0 Å². The summed E-state index contributed by atoms with van der Waals surface area (Å²) >= 11 is 1.56. The minimum absolute atomic E-state index is 0.128. The molecule has 1 saturated heterocycles. The van der Waals surface area contributed by atoms with Crippen LogP contribution in [-0.4, -0.2) is 60.1 Å². The van der Waals surface area contributed by atoms with Crippen molar-refractivity contribution in [1.82, 2.24) is 9.80 Å². The molecule has 0 atom stereocenters. The van der Waals surface area contributed by atoms with E-state index < -0.39 is 0 Å². The minimum Gasteiger partial charge on any atom is -0.339 e. The Kier molecular flexibility index (Phi) is 7.28. The molecule has 0 saturated carbocycles. The molecular formula is C22H26FN3O2S. The van der Waals surface area contributed by atoms with Gasteiger partial charge in [0.25, 0.3) is 0 Å². The Morgan fingerprint density at radius 1 is 1.00 bits per heavy atom. The summed E-state index contributed by atoms with van der Waals surface area (Å²) in [6.45, 7) is 6.98. The summed E-state index contributed by atoms with van der Waals surface area (Å²) in [5, 5.41) is 2.77. The Hall–Kier alpha value is -2.38. The first-order valence-corrected chi connectivity index (χ1v) is 10.6. The molecule has 2 aromatic carbocycles. The monoisotopic (exact) mass is 415 g/mol. The minimum atomic E-state index is -0.334. The largest absolute Gasteiger partial charge is 0.339 e. The van der Waals surface area contributed by atoms with Crippen LogP contribution in [0.1, 0.15) is 11.1 Å². The van der Waals surface area contributed by atoms with Crippen LogP contribution in [0.3, 0.4) is 0 Å². The van der Waals surface area contributed by atoms with Crippen LogP contribution in [-0.2, 0) is 9.59 Å². The average Bonchev–Trinajstić information content (AvgIpc) is 2.71. The van der Waals surface area contributed by atoms with E-state index in [0.29, 0.717) is 37.6 Å². The zero-order valence-corrected chi connectivity index (χ0v) is 17.6. The first-order valence-electron chi connectivity index (χ1n) is 9.66. The molecule has 0 bridgehead atoms. The van der Waals surface area contributed by atoms with E-state index in [1.807, 2.05) is 9.80 Å². The molecule has 1 fully saturated rings. The fraction of sp³-hybridized carbons (Fsp3) is 0.364. The van der Waals surface area contributed by atoms with Crippen molar-refractivity contribution in [1.29, 1.82) is 0 Å². The van der Waals surface area contributed by atoms with Gasteiger partial charge in [-0.25, -0.2) is 4.39 Å². The van der Waals surface area contributed by atoms with Gasteiger partial charge in [-0.3, -0.25) is 14.5 Å². The highest BCUT2D eigenvalue weighted by Gasteiger charge is 2.22. The van der Waals surface area contributed by atoms with E-state index in [-0.39, 0.29) is 24.2 Å². The maximum Gasteiger partial charge on any atom is 0.238 e. The van der Waals surface area contributed by atoms with Gasteiger partial charge in [-0.05, 0) is 61.4 Å². The number of anilines is 1. The van der Waals surface area contributed by atoms with Crippen LogP contribution in [0.2, 0.25) is 0 Å². The molecule has 1 aliphatic heterocycles. The van der Waals surface area contributed by atoms with Gasteiger partial charge >= 0.3 is 0 Å². The van der Waals surface area contributed by atoms with Crippen molar-refractivity contribution in [3.63, 3.8) is 0 Å². The van der Waals surface area contributed by atoms with Gasteiger partial charge in [0, 0.05) is 36.8 Å². The third-order valence-corrected chi connectivity index (χ3v) is 6.04. The number of thioether (sulfide) groups is 1. The Bertz CT molecular complexity index is 865. The van der Waals surface area contributed by atoms with Crippen LogP contribution in [0.5, 0.6) is 0 Å². The summed E-state index contributed by atoms with van der Waals surface area (Å²) in [5.74, 6) is 0.0814. The van der Waals surface area contributed by atoms with Crippen LogP contribution < -0.4 is 5.32 Å². The van der Waals surface area contributed by atoms with E-state index in [4.69, 9.17) is 0 Å². The number of hydrogen-bond donors (Lipinski definition) is 1. The number of aryl methyl sites for hydroxylation is 2. The molecule has 7 heteroatoms. The number of benzene rings is 2. The molecule has 29 heavy (non-hydrogen) atoms. The predicted octanol–water partition coefficient (Wildman–Crippen LogP) is 3.32. The zero-order valence-electron chi connectivity index (χ0n) is 16.8. The summed E-state index contributed by atoms with van der Waals surface area (Å²) in [7, 11) is 0. The molecule has 0 unspecified atom stereocenters. The topological polar surface area (TPSA) is 52.7 Å². The van der Waals surface area contributed by atoms with E-state index in [1.165, 1.54) is 35.4 Å². The number of carbonyl (C=O) groups excluding carboxylic acids is 2. The van der Waals surface area contributed by atoms with Crippen molar-refractivity contribution in [2.75, 3.05) is 43.8 Å². The van der Waals surface area contributed by atoms with Gasteiger partial charge in [0.1, 0.15) is 5.82 Å². The highest BCUT2D eigenvalue weighted by atomic mass is 32.2. The quantitative estimate of drug-likeness (QED) is 0.736. The van der Waals surface area contributed by atoms with E-state index in [1.54, 1.807) is 11.8 Å². The van der Waals surface area contributed by atoms with Crippen molar-refractivity contribution in [3.05, 3.63) is 59.4 Å². The lowest BCUT2D eigenvalue weighted by Crippen LogP contribution is -2.50. The molecule has 0 aliphatic carbocycles. The van der Waals surface area contributed by atoms with Gasteiger partial charge in [-0.1, -0.05) is 6.07 Å². The molecule has 3 rings (SSSR count). The number of piperazine rings is 1. The molecule has 1 aliphatic rings. The molecule has 0 spiro atoms. The fourth-order valence-corrected chi connectivity index (χ4v) is 4.03. The normalized spacial score (nSPS) is 14.7. The standard InChI is InChI=1S/C22H26FN3O2S/c1-16-3-8-20(13-17(16)2)29-15-22(28)26-11-9-25(10-12-26)14-21(27)24-19-6-4-18(23)5-7-19/h3-8,13H,9-12,14-15H2,1-2H3,(H,24,27). The number of amides is 2. The number of carbonyl (C=O) groups is 2. The molecule has 0 radical (unpaired) electrons. The van der Waals surface area contributed by atoms with Gasteiger partial charge in [-0.15, -0.1) is 11.8 Å². The SMILES string of the molecule is Cc1ccc(SCC(=O)N2CCN(CC(=O)Nc3ccc(F)cc3)CC2)cc1C. The smallest absolute Gasteiger partial charge is 0.238 e. The van der Waals surface area contributed by atoms with Crippen LogP contribution in [0, 0.1) is 19.7 Å².